The largest absolute Gasteiger partial charge is 0.493 e. The van der Waals surface area contributed by atoms with Crippen molar-refractivity contribution in [2.75, 3.05) is 20.8 Å². The first kappa shape index (κ1) is 18.8. The minimum Gasteiger partial charge on any atom is -0.493 e. The molecule has 6 nitrogen and oxygen atoms in total. The number of hydrogen-bond acceptors (Lipinski definition) is 4. The summed E-state index contributed by atoms with van der Waals surface area (Å²) >= 11 is 0. The summed E-state index contributed by atoms with van der Waals surface area (Å²) in [6.07, 6.45) is 0.716. The first-order valence-electron chi connectivity index (χ1n) is 8.91. The number of hydrogen-bond donors (Lipinski definition) is 1. The molecule has 0 unspecified atom stereocenters. The van der Waals surface area contributed by atoms with Crippen molar-refractivity contribution in [3.05, 3.63) is 59.7 Å². The predicted octanol–water partition coefficient (Wildman–Crippen LogP) is 3.18. The lowest BCUT2D eigenvalue weighted by Gasteiger charge is -2.19. The molecule has 1 aliphatic rings. The fraction of sp³-hybridized carbons (Fsp3) is 0.333. The summed E-state index contributed by atoms with van der Waals surface area (Å²) in [7, 11) is 3.20. The molecule has 1 N–H and O–H groups in total. The molecule has 27 heavy (non-hydrogen) atoms. The van der Waals surface area contributed by atoms with Crippen molar-refractivity contribution in [2.24, 2.45) is 5.92 Å². The van der Waals surface area contributed by atoms with Gasteiger partial charge in [-0.15, -0.1) is 0 Å². The molecule has 0 aliphatic carbocycles. The van der Waals surface area contributed by atoms with Crippen LogP contribution in [0.1, 0.15) is 24.1 Å². The summed E-state index contributed by atoms with van der Waals surface area (Å²) < 4.78 is 10.6. The third-order valence-corrected chi connectivity index (χ3v) is 4.69. The van der Waals surface area contributed by atoms with Crippen LogP contribution < -0.4 is 14.8 Å². The number of rotatable bonds is 7. The maximum Gasteiger partial charge on any atom is 0.325 e. The van der Waals surface area contributed by atoms with E-state index in [1.807, 2.05) is 55.5 Å². The van der Waals surface area contributed by atoms with Crippen LogP contribution in [0.2, 0.25) is 0 Å². The van der Waals surface area contributed by atoms with Gasteiger partial charge in [-0.05, 0) is 35.6 Å². The number of amides is 3. The zero-order valence-electron chi connectivity index (χ0n) is 15.8. The number of methoxy groups -OCH3 is 2. The normalized spacial score (nSPS) is 17.6. The second-order valence-electron chi connectivity index (χ2n) is 6.74. The van der Waals surface area contributed by atoms with Crippen LogP contribution in [-0.2, 0) is 11.2 Å². The van der Waals surface area contributed by atoms with E-state index in [9.17, 15) is 9.59 Å². The van der Waals surface area contributed by atoms with Crippen LogP contribution in [-0.4, -0.2) is 37.6 Å². The zero-order chi connectivity index (χ0) is 19.4. The van der Waals surface area contributed by atoms with E-state index < -0.39 is 6.04 Å². The monoisotopic (exact) mass is 368 g/mol. The van der Waals surface area contributed by atoms with Gasteiger partial charge in [0.15, 0.2) is 11.5 Å². The molecule has 0 spiro atoms. The Bertz CT molecular complexity index is 822. The molecular weight excluding hydrogens is 344 g/mol. The number of carbonyl (C=O) groups is 2. The van der Waals surface area contributed by atoms with Crippen molar-refractivity contribution in [3.63, 3.8) is 0 Å². The minimum absolute atomic E-state index is 0.104. The fourth-order valence-corrected chi connectivity index (χ4v) is 3.35. The highest BCUT2D eigenvalue weighted by molar-refractivity contribution is 6.04. The molecular formula is C21H24N2O4. The Morgan fingerprint density at radius 3 is 2.41 bits per heavy atom. The summed E-state index contributed by atoms with van der Waals surface area (Å²) in [6.45, 7) is 2.38. The molecule has 0 radical (unpaired) electrons. The molecule has 6 heteroatoms. The van der Waals surface area contributed by atoms with Gasteiger partial charge in [-0.3, -0.25) is 9.69 Å². The van der Waals surface area contributed by atoms with Gasteiger partial charge in [0, 0.05) is 6.54 Å². The molecule has 1 heterocycles. The van der Waals surface area contributed by atoms with Gasteiger partial charge in [0.2, 0.25) is 0 Å². The number of benzene rings is 2. The Morgan fingerprint density at radius 1 is 1.04 bits per heavy atom. The maximum atomic E-state index is 12.7. The third-order valence-electron chi connectivity index (χ3n) is 4.69. The predicted molar refractivity (Wildman–Crippen MR) is 102 cm³/mol. The Hall–Kier alpha value is -3.02. The summed E-state index contributed by atoms with van der Waals surface area (Å²) in [5.74, 6) is 1.24. The highest BCUT2D eigenvalue weighted by atomic mass is 16.5. The van der Waals surface area contributed by atoms with Crippen LogP contribution in [0.4, 0.5) is 4.79 Å². The van der Waals surface area contributed by atoms with Gasteiger partial charge in [0.05, 0.1) is 14.2 Å². The van der Waals surface area contributed by atoms with E-state index in [-0.39, 0.29) is 17.9 Å². The lowest BCUT2D eigenvalue weighted by molar-refractivity contribution is -0.128. The molecule has 0 saturated carbocycles. The second kappa shape index (κ2) is 8.12. The van der Waals surface area contributed by atoms with E-state index >= 15 is 0 Å². The van der Waals surface area contributed by atoms with Crippen molar-refractivity contribution >= 4 is 11.9 Å². The number of urea groups is 1. The number of imide groups is 1. The highest BCUT2D eigenvalue weighted by Crippen LogP contribution is 2.29. The van der Waals surface area contributed by atoms with Crippen molar-refractivity contribution in [2.45, 2.75) is 19.4 Å². The van der Waals surface area contributed by atoms with E-state index in [0.29, 0.717) is 24.5 Å². The Kier molecular flexibility index (Phi) is 5.64. The fourth-order valence-electron chi connectivity index (χ4n) is 3.35. The molecule has 2 aromatic carbocycles. The maximum absolute atomic E-state index is 12.7. The van der Waals surface area contributed by atoms with Gasteiger partial charge >= 0.3 is 6.03 Å². The van der Waals surface area contributed by atoms with E-state index in [1.54, 1.807) is 14.2 Å². The van der Waals surface area contributed by atoms with E-state index in [4.69, 9.17) is 9.47 Å². The lowest BCUT2D eigenvalue weighted by atomic mass is 10.00. The number of nitrogens with zero attached hydrogens (tertiary/aromatic N) is 1. The molecule has 1 fully saturated rings. The number of carbonyl (C=O) groups excluding carboxylic acids is 2. The SMILES string of the molecule is COc1ccc(C[C@@H](C)CN2C(=O)N[C@H](c3ccccc3)C2=O)cc1OC. The van der Waals surface area contributed by atoms with Crippen LogP contribution in [0, 0.1) is 5.92 Å². The van der Waals surface area contributed by atoms with Crippen LogP contribution >= 0.6 is 0 Å². The van der Waals surface area contributed by atoms with E-state index in [0.717, 1.165) is 11.1 Å². The summed E-state index contributed by atoms with van der Waals surface area (Å²) in [5, 5.41) is 2.77. The van der Waals surface area contributed by atoms with Gasteiger partial charge in [-0.25, -0.2) is 4.79 Å². The molecule has 2 atom stereocenters. The van der Waals surface area contributed by atoms with Gasteiger partial charge in [-0.1, -0.05) is 43.3 Å². The van der Waals surface area contributed by atoms with Gasteiger partial charge in [0.1, 0.15) is 6.04 Å². The molecule has 3 amide bonds. The van der Waals surface area contributed by atoms with Crippen molar-refractivity contribution in [1.82, 2.24) is 10.2 Å². The average Bonchev–Trinajstić information content (AvgIpc) is 2.96. The molecule has 0 aromatic heterocycles. The standard InChI is InChI=1S/C21H24N2O4/c1-14(11-15-9-10-17(26-2)18(12-15)27-3)13-23-20(24)19(22-21(23)25)16-7-5-4-6-8-16/h4-10,12,14,19H,11,13H2,1-3H3,(H,22,25)/t14-,19-/m1/s1. The summed E-state index contributed by atoms with van der Waals surface area (Å²) in [5.41, 5.74) is 1.86. The van der Waals surface area contributed by atoms with Crippen LogP contribution in [0.25, 0.3) is 0 Å². The highest BCUT2D eigenvalue weighted by Gasteiger charge is 2.39. The van der Waals surface area contributed by atoms with Crippen LogP contribution in [0.5, 0.6) is 11.5 Å². The second-order valence-corrected chi connectivity index (χ2v) is 6.74. The van der Waals surface area contributed by atoms with Crippen molar-refractivity contribution in [1.29, 1.82) is 0 Å². The molecule has 3 rings (SSSR count). The molecule has 1 saturated heterocycles. The average molecular weight is 368 g/mol. The van der Waals surface area contributed by atoms with Crippen LogP contribution in [0.3, 0.4) is 0 Å². The zero-order valence-corrected chi connectivity index (χ0v) is 15.8. The molecule has 1 aliphatic heterocycles. The molecule has 0 bridgehead atoms. The lowest BCUT2D eigenvalue weighted by Crippen LogP contribution is -2.35. The van der Waals surface area contributed by atoms with Gasteiger partial charge in [0.25, 0.3) is 5.91 Å². The Morgan fingerprint density at radius 2 is 1.74 bits per heavy atom. The van der Waals surface area contributed by atoms with Crippen molar-refractivity contribution in [3.8, 4) is 11.5 Å². The molecule has 2 aromatic rings. The summed E-state index contributed by atoms with van der Waals surface area (Å²) in [6, 6.07) is 14.1. The first-order chi connectivity index (χ1) is 13.0. The minimum atomic E-state index is -0.605. The number of nitrogens with one attached hydrogen (secondary N) is 1. The van der Waals surface area contributed by atoms with Crippen LogP contribution in [0.15, 0.2) is 48.5 Å². The third kappa shape index (κ3) is 4.05. The Balaban J connectivity index is 1.66. The quantitative estimate of drug-likeness (QED) is 0.762. The Labute approximate surface area is 159 Å². The van der Waals surface area contributed by atoms with Gasteiger partial charge in [-0.2, -0.15) is 0 Å². The molecule has 142 valence electrons. The topological polar surface area (TPSA) is 67.9 Å². The van der Waals surface area contributed by atoms with Gasteiger partial charge < -0.3 is 14.8 Å². The summed E-state index contributed by atoms with van der Waals surface area (Å²) in [4.78, 5) is 26.3. The van der Waals surface area contributed by atoms with Crippen molar-refractivity contribution < 1.29 is 19.1 Å². The first-order valence-corrected chi connectivity index (χ1v) is 8.91. The number of ether oxygens (including phenoxy) is 2. The van der Waals surface area contributed by atoms with E-state index in [2.05, 4.69) is 5.32 Å². The van der Waals surface area contributed by atoms with E-state index in [1.165, 1.54) is 4.90 Å². The smallest absolute Gasteiger partial charge is 0.325 e.